The van der Waals surface area contributed by atoms with Crippen molar-refractivity contribution in [2.75, 3.05) is 24.8 Å². The minimum Gasteiger partial charge on any atom is -0.0622 e. The molecular weight excluding hydrogens is 2000 g/mol. The fraction of sp³-hybridized carbons (Fsp3) is 0.500. The number of allylic oxidation sites excluding steroid dienone is 6. The number of hydrogen-bond donors (Lipinski definition) is 0. The average molecular weight is 2180 g/mol. The van der Waals surface area contributed by atoms with Gasteiger partial charge < -0.3 is 23.1 Å². The molecular formula is C120H180I2O8P2Si4. The fourth-order valence-electron chi connectivity index (χ4n) is 17.9. The molecule has 0 heterocycles. The number of methoxy groups -OCH3 is 2. The number of halogens is 2. The Kier molecular flexibility index (Phi) is 47.3. The first-order valence-corrected chi connectivity index (χ1v) is 69.8. The largest absolute Gasteiger partial charge is 0.0622 e. The molecule has 0 unspecified atom stereocenters. The van der Waals surface area contributed by atoms with E-state index < -0.39 is 45.4 Å². The van der Waals surface area contributed by atoms with Gasteiger partial charge in [0.15, 0.2) is 16.6 Å². The van der Waals surface area contributed by atoms with Crippen LogP contribution in [-0.4, -0.2) is 94.7 Å². The molecule has 748 valence electrons. The molecule has 0 N–H and O–H groups in total. The molecule has 0 bridgehead atoms. The summed E-state index contributed by atoms with van der Waals surface area (Å²) in [6.45, 7) is 84.6. The molecule has 0 fully saturated rings. The quantitative estimate of drug-likeness (QED) is 0.00933. The van der Waals surface area contributed by atoms with Crippen molar-refractivity contribution < 1.29 is 36.7 Å². The molecule has 0 radical (unpaired) electrons. The van der Waals surface area contributed by atoms with Crippen molar-refractivity contribution in [3.63, 3.8) is 0 Å². The summed E-state index contributed by atoms with van der Waals surface area (Å²) >= 11 is 5.50. The molecule has 16 atom stereocenters. The Hall–Kier alpha value is -5.25. The molecule has 136 heavy (non-hydrogen) atoms. The molecule has 0 amide bonds. The Morgan fingerprint density at radius 2 is 0.610 bits per heavy atom. The van der Waals surface area contributed by atoms with Gasteiger partial charge in [-0.15, -0.1) is 0 Å². The Morgan fingerprint density at radius 3 is 0.860 bits per heavy atom. The van der Waals surface area contributed by atoms with E-state index in [0.717, 1.165) is 46.1 Å². The van der Waals surface area contributed by atoms with Crippen LogP contribution in [0.2, 0.25) is 72.5 Å². The van der Waals surface area contributed by atoms with E-state index in [9.17, 15) is 0 Å². The van der Waals surface area contributed by atoms with Crippen molar-refractivity contribution in [2.24, 2.45) is 59.2 Å². The summed E-state index contributed by atoms with van der Waals surface area (Å²) in [7, 11) is -5.50. The molecule has 0 aliphatic rings. The van der Waals surface area contributed by atoms with E-state index in [0.29, 0.717) is 31.0 Å². The van der Waals surface area contributed by atoms with Gasteiger partial charge in [0.05, 0.1) is 45.7 Å². The summed E-state index contributed by atoms with van der Waals surface area (Å²) < 4.78 is 52.5. The van der Waals surface area contributed by atoms with Crippen LogP contribution in [0.3, 0.4) is 0 Å². The van der Waals surface area contributed by atoms with Gasteiger partial charge in [-0.2, -0.15) is 0 Å². The first kappa shape index (κ1) is 119. The third kappa shape index (κ3) is 34.0. The van der Waals surface area contributed by atoms with E-state index in [1.165, 1.54) is 43.0 Å². The Bertz CT molecular complexity index is 4740. The normalized spacial score (nSPS) is 17.0. The summed E-state index contributed by atoms with van der Waals surface area (Å²) in [5.74, 6) is 4.02. The summed E-state index contributed by atoms with van der Waals surface area (Å²) in [4.78, 5) is 0. The van der Waals surface area contributed by atoms with Gasteiger partial charge in [0.2, 0.25) is 0 Å². The Morgan fingerprint density at radius 1 is 0.353 bits per heavy atom. The molecule has 0 aliphatic heterocycles. The van der Waals surface area contributed by atoms with Crippen molar-refractivity contribution in [3.8, 4) is 11.5 Å². The van der Waals surface area contributed by atoms with Crippen LogP contribution in [-0.2, 0) is 40.4 Å². The van der Waals surface area contributed by atoms with E-state index in [1.54, 1.807) is 14.2 Å². The molecule has 0 saturated heterocycles. The van der Waals surface area contributed by atoms with E-state index in [4.69, 9.17) is 36.7 Å². The average Bonchev–Trinajstić information content (AvgIpc) is 0.700. The number of benzene rings is 8. The molecule has 8 nitrogen and oxygen atoms in total. The molecule has 0 aliphatic carbocycles. The van der Waals surface area contributed by atoms with Gasteiger partial charge in [-0.3, -0.25) is 0 Å². The molecule has 0 saturated carbocycles. The zero-order chi connectivity index (χ0) is 102. The van der Waals surface area contributed by atoms with Gasteiger partial charge in [0.25, 0.3) is 0 Å². The second-order valence-electron chi connectivity index (χ2n) is 45.2. The zero-order valence-electron chi connectivity index (χ0n) is 90.4. The van der Waals surface area contributed by atoms with Gasteiger partial charge in [-0.1, -0.05) is 303 Å². The Labute approximate surface area is 862 Å². The maximum atomic E-state index is 7.74. The van der Waals surface area contributed by atoms with Crippen LogP contribution in [0.5, 0.6) is 11.5 Å². The van der Waals surface area contributed by atoms with Crippen LogP contribution in [0.25, 0.3) is 0 Å². The maximum absolute atomic E-state index is 7.74. The summed E-state index contributed by atoms with van der Waals surface area (Å²) in [5.41, 5.74) is 5.05. The molecule has 8 rings (SSSR count). The van der Waals surface area contributed by atoms with E-state index in [-0.39, 0.29) is 98.2 Å². The van der Waals surface area contributed by atoms with Crippen LogP contribution in [0, 0.1) is 59.2 Å². The molecule has 8 aromatic rings. The van der Waals surface area contributed by atoms with Crippen molar-refractivity contribution in [1.82, 2.24) is 0 Å². The van der Waals surface area contributed by atoms with Gasteiger partial charge >= 0.3 is 327 Å². The molecule has 0 spiro atoms. The van der Waals surface area contributed by atoms with Gasteiger partial charge in [-0.25, -0.2) is 0 Å². The smallest absolute Gasteiger partial charge is 0.0134 e. The third-order valence-electron chi connectivity index (χ3n) is 29.8. The standard InChI is InChI=1S/C60H90IO4PSi2.C42H75IO4Si2.C18H15P/c1-19-20-30-46(3)57(63-43-51-37-39-52(62-14)40-38-51)50(7)58(65-68(17,18)60(11,12)13)48(5)42-45(2)41-47(4)56(64-67(15,16)59(8,9)10)49(6)44-66(61,53-31-24-21-25-32-53,54-33-26-22-27-34-54)55-35-28-23-29-36-55;1-19-20-21-31(3)39(45-29-36-22-24-37(44-14)25-23-36)35(7)40(47-49(17,18)42(11,12)13)33(5)27-30(2)26-32(4)38(34(6)28-43)46-48(15,16)41(8,9)10;1-4-10-16(11-5-1)19(17-12-6-2-7-13-17)18-14-8-3-9-15-18/h19-41,46-50,56-58H,1,42-44H2,2-18H3;19-26,31-35,38-40H,1,27-29H2,2-18H3;1-15H/b30-20-,45-41-;21-20-,30-26-;/t46-,47-,48-,49-,50+,56+,57-,58+;31-,32-,33-,34-,35+,38+,39-,40+;/m00./s1. The van der Waals surface area contributed by atoms with Crippen LogP contribution in [0.1, 0.15) is 190 Å². The molecule has 0 aromatic heterocycles. The summed E-state index contributed by atoms with van der Waals surface area (Å²) in [6.07, 6.45) is 20.3. The van der Waals surface area contributed by atoms with Crippen LogP contribution >= 0.6 is 56.8 Å². The topological polar surface area (TPSA) is 73.8 Å². The zero-order valence-corrected chi connectivity index (χ0v) is 100. The summed E-state index contributed by atoms with van der Waals surface area (Å²) in [5, 5.41) is 8.80. The van der Waals surface area contributed by atoms with Crippen molar-refractivity contribution in [1.29, 1.82) is 0 Å². The number of rotatable bonds is 47. The van der Waals surface area contributed by atoms with Gasteiger partial charge in [0.1, 0.15) is 11.5 Å². The van der Waals surface area contributed by atoms with E-state index in [1.807, 2.05) is 42.5 Å². The molecule has 16 heteroatoms. The van der Waals surface area contributed by atoms with Crippen LogP contribution < -0.4 is 41.3 Å². The fourth-order valence-corrected chi connectivity index (χ4v) is 36.6. The van der Waals surface area contributed by atoms with Gasteiger partial charge in [0, 0.05) is 16.3 Å². The van der Waals surface area contributed by atoms with Crippen molar-refractivity contribution >= 4 is 122 Å². The minimum absolute atomic E-state index is 0.0000145. The van der Waals surface area contributed by atoms with Crippen molar-refractivity contribution in [3.05, 3.63) is 315 Å². The second kappa shape index (κ2) is 53.9. The van der Waals surface area contributed by atoms with E-state index in [2.05, 4.69) is 513 Å². The number of alkyl halides is 1. The molecule has 8 aromatic carbocycles. The van der Waals surface area contributed by atoms with Crippen LogP contribution in [0.4, 0.5) is 0 Å². The minimum atomic E-state index is -3.10. The SMILES string of the molecule is C=C/C=C\[C@H](C)[C@H](OCc1ccc(OC)cc1)[C@@H](C)[C@H](O[Si](C)(C)C(C)(C)C)[C@@H](C)C/C(C)=C\[C@H](C)[C@@H](O[Si](C)(C)C(C)(C)C)[C@@H](C)CI.C=C/C=C\[C@H](C)[C@H](OCc1ccc(OC)cc1)[C@@H](C)[C@H](O[Si](C)(C)C(C)(C)C)[C@@H](C)C/C(C)=C\[C@H](C)[C@@H](O[Si](C)(C)C(C)(C)C)[C@@H](C)CP(I)(c1ccccc1)(c1ccccc1)c1ccccc1.c1ccc(P(c2ccccc2)c2ccccc2)cc1. The van der Waals surface area contributed by atoms with Gasteiger partial charge in [-0.05, 0) is 127 Å². The Balaban J connectivity index is 0.000000360. The van der Waals surface area contributed by atoms with Crippen molar-refractivity contribution in [2.45, 2.75) is 301 Å². The predicted octanol–water partition coefficient (Wildman–Crippen LogP) is 33.0. The number of ether oxygens (including phenoxy) is 4. The predicted molar refractivity (Wildman–Crippen MR) is 627 cm³/mol. The first-order chi connectivity index (χ1) is 63.6. The second-order valence-corrected chi connectivity index (χ2v) is 78.0. The number of hydrogen-bond acceptors (Lipinski definition) is 8. The summed E-state index contributed by atoms with van der Waals surface area (Å²) in [6, 6.07) is 82.8. The van der Waals surface area contributed by atoms with Crippen LogP contribution in [0.15, 0.2) is 303 Å². The van der Waals surface area contributed by atoms with E-state index >= 15 is 0 Å². The maximum Gasteiger partial charge on any atom is -0.0134 e. The first-order valence-electron chi connectivity index (χ1n) is 50.1. The third-order valence-corrected chi connectivity index (χ3v) is 63.1. The monoisotopic (exact) mass is 2180 g/mol.